The highest BCUT2D eigenvalue weighted by atomic mass is 16.6. The molecule has 1 aliphatic heterocycles. The average Bonchev–Trinajstić information content (AvgIpc) is 2.61. The van der Waals surface area contributed by atoms with Crippen LogP contribution in [0.2, 0.25) is 0 Å². The molecule has 0 aromatic heterocycles. The maximum Gasteiger partial charge on any atom is 0.409 e. The van der Waals surface area contributed by atoms with Crippen LogP contribution in [0, 0.1) is 15.5 Å². The highest BCUT2D eigenvalue weighted by molar-refractivity contribution is 5.79. The molecule has 1 aromatic carbocycles. The summed E-state index contributed by atoms with van der Waals surface area (Å²) >= 11 is 0. The van der Waals surface area contributed by atoms with E-state index in [2.05, 4.69) is 0 Å². The molecule has 0 atom stereocenters. The lowest BCUT2D eigenvalue weighted by Crippen LogP contribution is -2.49. The van der Waals surface area contributed by atoms with Gasteiger partial charge < -0.3 is 14.4 Å². The van der Waals surface area contributed by atoms with Crippen molar-refractivity contribution in [2.45, 2.75) is 52.6 Å². The zero-order valence-electron chi connectivity index (χ0n) is 16.9. The van der Waals surface area contributed by atoms with Crippen LogP contribution in [0.15, 0.2) is 24.3 Å². The van der Waals surface area contributed by atoms with Gasteiger partial charge in [0.25, 0.3) is 5.69 Å². The van der Waals surface area contributed by atoms with E-state index < -0.39 is 22.0 Å². The summed E-state index contributed by atoms with van der Waals surface area (Å²) in [6.45, 7) is 8.05. The summed E-state index contributed by atoms with van der Waals surface area (Å²) in [4.78, 5) is 37.6. The second-order valence-electron chi connectivity index (χ2n) is 8.03. The van der Waals surface area contributed by atoms with Crippen molar-refractivity contribution < 1.29 is 24.0 Å². The first kappa shape index (κ1) is 21.7. The summed E-state index contributed by atoms with van der Waals surface area (Å²) in [7, 11) is 0. The fourth-order valence-corrected chi connectivity index (χ4v) is 3.37. The van der Waals surface area contributed by atoms with Crippen LogP contribution in [-0.4, -0.2) is 47.2 Å². The van der Waals surface area contributed by atoms with E-state index in [0.717, 1.165) is 0 Å². The number of likely N-dealkylation sites (tertiary alicyclic amines) is 1. The molecule has 0 bridgehead atoms. The van der Waals surface area contributed by atoms with Crippen LogP contribution >= 0.6 is 0 Å². The van der Waals surface area contributed by atoms with E-state index in [1.807, 2.05) is 0 Å². The molecule has 1 saturated heterocycles. The van der Waals surface area contributed by atoms with Crippen molar-refractivity contribution in [3.63, 3.8) is 0 Å². The molecule has 28 heavy (non-hydrogen) atoms. The molecule has 0 radical (unpaired) electrons. The Morgan fingerprint density at radius 3 is 2.36 bits per heavy atom. The van der Waals surface area contributed by atoms with Gasteiger partial charge >= 0.3 is 12.1 Å². The number of carbonyl (C=O) groups is 2. The third kappa shape index (κ3) is 5.21. The molecule has 0 spiro atoms. The topological polar surface area (TPSA) is 99.0 Å². The SMILES string of the molecule is CCOC(=O)N1CCC(Cc2ccccc2[N+](=O)[O-])(C(=O)OC(C)(C)C)CC1. The number of ether oxygens (including phenoxy) is 2. The van der Waals surface area contributed by atoms with E-state index in [4.69, 9.17) is 9.47 Å². The summed E-state index contributed by atoms with van der Waals surface area (Å²) in [5.41, 5.74) is -1.13. The van der Waals surface area contributed by atoms with E-state index in [0.29, 0.717) is 31.5 Å². The van der Waals surface area contributed by atoms with Gasteiger partial charge in [0.1, 0.15) is 5.60 Å². The molecule has 0 saturated carbocycles. The van der Waals surface area contributed by atoms with Gasteiger partial charge in [-0.15, -0.1) is 0 Å². The number of piperidine rings is 1. The van der Waals surface area contributed by atoms with Crippen LogP contribution in [0.25, 0.3) is 0 Å². The molecule has 0 N–H and O–H groups in total. The minimum absolute atomic E-state index is 0.0155. The molecular formula is C20H28N2O6. The van der Waals surface area contributed by atoms with Crippen LogP contribution in [-0.2, 0) is 20.7 Å². The number of hydrogen-bond acceptors (Lipinski definition) is 6. The number of amides is 1. The molecule has 8 nitrogen and oxygen atoms in total. The predicted molar refractivity (Wildman–Crippen MR) is 103 cm³/mol. The fraction of sp³-hybridized carbons (Fsp3) is 0.600. The standard InChI is InChI=1S/C20H28N2O6/c1-5-27-18(24)21-12-10-20(11-13-21,17(23)28-19(2,3)4)14-15-8-6-7-9-16(15)22(25)26/h6-9H,5,10-14H2,1-4H3. The van der Waals surface area contributed by atoms with Crippen molar-refractivity contribution in [1.29, 1.82) is 0 Å². The number of rotatable bonds is 5. The lowest BCUT2D eigenvalue weighted by Gasteiger charge is -2.40. The van der Waals surface area contributed by atoms with Gasteiger partial charge in [0.15, 0.2) is 0 Å². The molecule has 1 aliphatic rings. The number of para-hydroxylation sites is 1. The minimum Gasteiger partial charge on any atom is -0.460 e. The summed E-state index contributed by atoms with van der Waals surface area (Å²) in [5, 5.41) is 11.4. The van der Waals surface area contributed by atoms with Gasteiger partial charge in [-0.2, -0.15) is 0 Å². The van der Waals surface area contributed by atoms with Gasteiger partial charge in [0.2, 0.25) is 0 Å². The predicted octanol–water partition coefficient (Wildman–Crippen LogP) is 3.72. The summed E-state index contributed by atoms with van der Waals surface area (Å²) in [6, 6.07) is 6.43. The van der Waals surface area contributed by atoms with Gasteiger partial charge in [0, 0.05) is 24.7 Å². The number of carbonyl (C=O) groups excluding carboxylic acids is 2. The first-order valence-electron chi connectivity index (χ1n) is 9.45. The third-order valence-electron chi connectivity index (χ3n) is 4.80. The Morgan fingerprint density at radius 2 is 1.82 bits per heavy atom. The smallest absolute Gasteiger partial charge is 0.409 e. The molecular weight excluding hydrogens is 364 g/mol. The van der Waals surface area contributed by atoms with Crippen molar-refractivity contribution in [3.05, 3.63) is 39.9 Å². The monoisotopic (exact) mass is 392 g/mol. The van der Waals surface area contributed by atoms with Crippen molar-refractivity contribution in [3.8, 4) is 0 Å². The molecule has 154 valence electrons. The Balaban J connectivity index is 2.30. The Labute approximate surface area is 164 Å². The minimum atomic E-state index is -0.928. The van der Waals surface area contributed by atoms with Gasteiger partial charge in [0.05, 0.1) is 16.9 Å². The van der Waals surface area contributed by atoms with Gasteiger partial charge in [-0.25, -0.2) is 4.79 Å². The van der Waals surface area contributed by atoms with Crippen molar-refractivity contribution >= 4 is 17.7 Å². The Morgan fingerprint density at radius 1 is 1.21 bits per heavy atom. The van der Waals surface area contributed by atoms with Crippen LogP contribution in [0.5, 0.6) is 0 Å². The molecule has 1 aromatic rings. The third-order valence-corrected chi connectivity index (χ3v) is 4.80. The Bertz CT molecular complexity index is 732. The number of hydrogen-bond donors (Lipinski definition) is 0. The number of nitro benzene ring substituents is 1. The average molecular weight is 392 g/mol. The summed E-state index contributed by atoms with van der Waals surface area (Å²) in [5.74, 6) is -0.387. The van der Waals surface area contributed by atoms with E-state index in [1.54, 1.807) is 50.8 Å². The van der Waals surface area contributed by atoms with Crippen LogP contribution in [0.3, 0.4) is 0 Å². The summed E-state index contributed by atoms with van der Waals surface area (Å²) in [6.07, 6.45) is 0.487. The highest BCUT2D eigenvalue weighted by Crippen LogP contribution is 2.39. The maximum atomic E-state index is 13.1. The highest BCUT2D eigenvalue weighted by Gasteiger charge is 2.46. The quantitative estimate of drug-likeness (QED) is 0.430. The zero-order chi connectivity index (χ0) is 20.9. The number of nitro groups is 1. The summed E-state index contributed by atoms with van der Waals surface area (Å²) < 4.78 is 10.7. The molecule has 1 amide bonds. The van der Waals surface area contributed by atoms with Gasteiger partial charge in [-0.1, -0.05) is 18.2 Å². The first-order valence-corrected chi connectivity index (χ1v) is 9.45. The lowest BCUT2D eigenvalue weighted by atomic mass is 9.73. The van der Waals surface area contributed by atoms with Crippen molar-refractivity contribution in [2.24, 2.45) is 5.41 Å². The zero-order valence-corrected chi connectivity index (χ0v) is 16.9. The van der Waals surface area contributed by atoms with Gasteiger partial charge in [-0.3, -0.25) is 14.9 Å². The Hall–Kier alpha value is -2.64. The van der Waals surface area contributed by atoms with Crippen molar-refractivity contribution in [2.75, 3.05) is 19.7 Å². The number of nitrogens with zero attached hydrogens (tertiary/aromatic N) is 2. The molecule has 8 heteroatoms. The van der Waals surface area contributed by atoms with Gasteiger partial charge in [-0.05, 0) is 47.0 Å². The van der Waals surface area contributed by atoms with Crippen LogP contribution in [0.1, 0.15) is 46.1 Å². The molecule has 0 aliphatic carbocycles. The van der Waals surface area contributed by atoms with E-state index >= 15 is 0 Å². The van der Waals surface area contributed by atoms with E-state index in [-0.39, 0.29) is 24.7 Å². The molecule has 0 unspecified atom stereocenters. The molecule has 2 rings (SSSR count). The maximum absolute atomic E-state index is 13.1. The first-order chi connectivity index (χ1) is 13.1. The molecule has 1 heterocycles. The number of esters is 1. The largest absolute Gasteiger partial charge is 0.460 e. The second-order valence-corrected chi connectivity index (χ2v) is 8.03. The Kier molecular flexibility index (Phi) is 6.64. The normalized spacial score (nSPS) is 16.4. The second kappa shape index (κ2) is 8.58. The van der Waals surface area contributed by atoms with E-state index in [1.165, 1.54) is 6.07 Å². The van der Waals surface area contributed by atoms with E-state index in [9.17, 15) is 19.7 Å². The molecule has 1 fully saturated rings. The lowest BCUT2D eigenvalue weighted by molar-refractivity contribution is -0.385. The van der Waals surface area contributed by atoms with Crippen LogP contribution < -0.4 is 0 Å². The van der Waals surface area contributed by atoms with Crippen molar-refractivity contribution in [1.82, 2.24) is 4.90 Å². The fourth-order valence-electron chi connectivity index (χ4n) is 3.37. The van der Waals surface area contributed by atoms with Crippen LogP contribution in [0.4, 0.5) is 10.5 Å². The number of benzene rings is 1.